The van der Waals surface area contributed by atoms with Crippen molar-refractivity contribution in [2.45, 2.75) is 19.8 Å². The first-order valence-electron chi connectivity index (χ1n) is 8.53. The first-order valence-corrected chi connectivity index (χ1v) is 8.53. The number of nitrogens with one attached hydrogen (secondary N) is 2. The number of rotatable bonds is 5. The van der Waals surface area contributed by atoms with E-state index in [9.17, 15) is 9.59 Å². The third kappa shape index (κ3) is 6.21. The number of carbonyl (C=O) groups excluding carboxylic acids is 2. The van der Waals surface area contributed by atoms with E-state index in [4.69, 9.17) is 0 Å². The molecule has 25 heavy (non-hydrogen) atoms. The summed E-state index contributed by atoms with van der Waals surface area (Å²) in [6.45, 7) is 4.63. The van der Waals surface area contributed by atoms with Crippen LogP contribution >= 0.6 is 12.4 Å². The van der Waals surface area contributed by atoms with Crippen LogP contribution in [-0.2, 0) is 4.79 Å². The van der Waals surface area contributed by atoms with E-state index in [0.717, 1.165) is 30.6 Å². The number of amides is 3. The van der Waals surface area contributed by atoms with Gasteiger partial charge in [-0.3, -0.25) is 4.79 Å². The molecular formula is C18H29ClN4O2. The minimum absolute atomic E-state index is 0. The molecule has 1 saturated heterocycles. The van der Waals surface area contributed by atoms with Gasteiger partial charge in [-0.1, -0.05) is 12.1 Å². The fourth-order valence-corrected chi connectivity index (χ4v) is 2.99. The molecule has 2 N–H and O–H groups in total. The first-order chi connectivity index (χ1) is 11.5. The molecule has 0 aromatic heterocycles. The third-order valence-corrected chi connectivity index (χ3v) is 4.40. The normalized spacial score (nSPS) is 16.8. The quantitative estimate of drug-likeness (QED) is 0.838. The standard InChI is InChI=1S/C18H28N4O2.ClH/c1-14-6-4-8-16(12-14)20-18(24)22-10-5-7-15(13-22)17(23)21(3)11-9-19-2;/h4,6,8,12,15,19H,5,7,9-11,13H2,1-3H3,(H,20,24);1H. The van der Waals surface area contributed by atoms with Crippen molar-refractivity contribution in [1.29, 1.82) is 0 Å². The summed E-state index contributed by atoms with van der Waals surface area (Å²) < 4.78 is 0. The Morgan fingerprint density at radius 2 is 2.12 bits per heavy atom. The SMILES string of the molecule is CNCCN(C)C(=O)C1CCCN(C(=O)Nc2cccc(C)c2)C1.Cl. The Labute approximate surface area is 156 Å². The van der Waals surface area contributed by atoms with Gasteiger partial charge in [0.1, 0.15) is 0 Å². The summed E-state index contributed by atoms with van der Waals surface area (Å²) in [4.78, 5) is 28.5. The smallest absolute Gasteiger partial charge is 0.321 e. The molecule has 7 heteroatoms. The van der Waals surface area contributed by atoms with Crippen LogP contribution in [-0.4, -0.2) is 62.0 Å². The van der Waals surface area contributed by atoms with E-state index < -0.39 is 0 Å². The number of benzene rings is 1. The molecule has 0 bridgehead atoms. The zero-order valence-electron chi connectivity index (χ0n) is 15.2. The van der Waals surface area contributed by atoms with Crippen molar-refractivity contribution in [3.8, 4) is 0 Å². The van der Waals surface area contributed by atoms with Crippen LogP contribution in [0.15, 0.2) is 24.3 Å². The van der Waals surface area contributed by atoms with Gasteiger partial charge >= 0.3 is 6.03 Å². The molecule has 0 saturated carbocycles. The number of halogens is 1. The number of likely N-dealkylation sites (N-methyl/N-ethyl adjacent to an activating group) is 2. The van der Waals surface area contributed by atoms with Gasteiger partial charge in [-0.15, -0.1) is 12.4 Å². The number of nitrogens with zero attached hydrogens (tertiary/aromatic N) is 2. The van der Waals surface area contributed by atoms with Gasteiger partial charge in [0.05, 0.1) is 5.92 Å². The zero-order valence-corrected chi connectivity index (χ0v) is 16.1. The van der Waals surface area contributed by atoms with Gasteiger partial charge in [0.15, 0.2) is 0 Å². The van der Waals surface area contributed by atoms with E-state index in [2.05, 4.69) is 10.6 Å². The number of aryl methyl sites for hydroxylation is 1. The Bertz CT molecular complexity index is 582. The van der Waals surface area contributed by atoms with Gasteiger partial charge < -0.3 is 20.4 Å². The van der Waals surface area contributed by atoms with Crippen molar-refractivity contribution in [3.63, 3.8) is 0 Å². The van der Waals surface area contributed by atoms with Gasteiger partial charge in [0.25, 0.3) is 0 Å². The lowest BCUT2D eigenvalue weighted by Gasteiger charge is -2.34. The van der Waals surface area contributed by atoms with Gasteiger partial charge in [0, 0.05) is 38.9 Å². The van der Waals surface area contributed by atoms with Crippen LogP contribution in [0.3, 0.4) is 0 Å². The predicted molar refractivity (Wildman–Crippen MR) is 103 cm³/mol. The highest BCUT2D eigenvalue weighted by molar-refractivity contribution is 5.90. The van der Waals surface area contributed by atoms with Crippen molar-refractivity contribution >= 4 is 30.0 Å². The highest BCUT2D eigenvalue weighted by atomic mass is 35.5. The van der Waals surface area contributed by atoms with Crippen LogP contribution in [0.5, 0.6) is 0 Å². The van der Waals surface area contributed by atoms with E-state index in [-0.39, 0.29) is 30.3 Å². The van der Waals surface area contributed by atoms with Crippen LogP contribution in [0, 0.1) is 12.8 Å². The van der Waals surface area contributed by atoms with Crippen LogP contribution in [0.1, 0.15) is 18.4 Å². The Balaban J connectivity index is 0.00000312. The second-order valence-electron chi connectivity index (χ2n) is 6.45. The molecule has 1 aliphatic rings. The van der Waals surface area contributed by atoms with E-state index in [0.29, 0.717) is 19.6 Å². The number of hydrogen-bond acceptors (Lipinski definition) is 3. The average molecular weight is 369 g/mol. The van der Waals surface area contributed by atoms with E-state index >= 15 is 0 Å². The maximum Gasteiger partial charge on any atom is 0.321 e. The average Bonchev–Trinajstić information content (AvgIpc) is 2.59. The molecule has 1 aromatic rings. The topological polar surface area (TPSA) is 64.7 Å². The highest BCUT2D eigenvalue weighted by Gasteiger charge is 2.30. The van der Waals surface area contributed by atoms with Gasteiger partial charge in [-0.25, -0.2) is 4.79 Å². The van der Waals surface area contributed by atoms with Crippen molar-refractivity contribution in [1.82, 2.24) is 15.1 Å². The number of hydrogen-bond donors (Lipinski definition) is 2. The van der Waals surface area contributed by atoms with Gasteiger partial charge in [-0.2, -0.15) is 0 Å². The zero-order chi connectivity index (χ0) is 17.5. The first kappa shape index (κ1) is 21.3. The molecule has 1 aliphatic heterocycles. The summed E-state index contributed by atoms with van der Waals surface area (Å²) in [5, 5.41) is 5.97. The summed E-state index contributed by atoms with van der Waals surface area (Å²) in [7, 11) is 3.70. The number of carbonyl (C=O) groups is 2. The number of piperidine rings is 1. The van der Waals surface area contributed by atoms with E-state index in [1.807, 2.05) is 45.3 Å². The summed E-state index contributed by atoms with van der Waals surface area (Å²) in [6, 6.07) is 7.60. The van der Waals surface area contributed by atoms with Gasteiger partial charge in [0.2, 0.25) is 5.91 Å². The maximum absolute atomic E-state index is 12.5. The van der Waals surface area contributed by atoms with Gasteiger partial charge in [-0.05, 0) is 44.5 Å². The van der Waals surface area contributed by atoms with Crippen LogP contribution in [0.25, 0.3) is 0 Å². The molecule has 2 rings (SSSR count). The molecule has 3 amide bonds. The van der Waals surface area contributed by atoms with Crippen LogP contribution in [0.2, 0.25) is 0 Å². The Morgan fingerprint density at radius 1 is 1.36 bits per heavy atom. The second kappa shape index (κ2) is 10.3. The molecular weight excluding hydrogens is 340 g/mol. The third-order valence-electron chi connectivity index (χ3n) is 4.40. The minimum Gasteiger partial charge on any atom is -0.344 e. The lowest BCUT2D eigenvalue weighted by atomic mass is 9.97. The molecule has 1 fully saturated rings. The fraction of sp³-hybridized carbons (Fsp3) is 0.556. The molecule has 1 atom stereocenters. The predicted octanol–water partition coefficient (Wildman–Crippen LogP) is 2.34. The van der Waals surface area contributed by atoms with Crippen molar-refractivity contribution in [2.24, 2.45) is 5.92 Å². The summed E-state index contributed by atoms with van der Waals surface area (Å²) >= 11 is 0. The fourth-order valence-electron chi connectivity index (χ4n) is 2.99. The largest absolute Gasteiger partial charge is 0.344 e. The highest BCUT2D eigenvalue weighted by Crippen LogP contribution is 2.20. The van der Waals surface area contributed by atoms with E-state index in [1.165, 1.54) is 0 Å². The Morgan fingerprint density at radius 3 is 2.80 bits per heavy atom. The summed E-state index contributed by atoms with van der Waals surface area (Å²) in [5.74, 6) is 0.0159. The molecule has 1 heterocycles. The lowest BCUT2D eigenvalue weighted by Crippen LogP contribution is -2.47. The van der Waals surface area contributed by atoms with Crippen LogP contribution < -0.4 is 10.6 Å². The molecule has 1 unspecified atom stereocenters. The van der Waals surface area contributed by atoms with Crippen molar-refractivity contribution in [2.75, 3.05) is 45.6 Å². The monoisotopic (exact) mass is 368 g/mol. The minimum atomic E-state index is -0.129. The molecule has 6 nitrogen and oxygen atoms in total. The maximum atomic E-state index is 12.5. The molecule has 1 aromatic carbocycles. The van der Waals surface area contributed by atoms with E-state index in [1.54, 1.807) is 9.80 Å². The molecule has 0 spiro atoms. The lowest BCUT2D eigenvalue weighted by molar-refractivity contribution is -0.135. The molecule has 140 valence electrons. The second-order valence-corrected chi connectivity index (χ2v) is 6.45. The number of urea groups is 1. The van der Waals surface area contributed by atoms with Crippen molar-refractivity contribution < 1.29 is 9.59 Å². The number of anilines is 1. The molecule has 0 aliphatic carbocycles. The Hall–Kier alpha value is -1.79. The van der Waals surface area contributed by atoms with Crippen molar-refractivity contribution in [3.05, 3.63) is 29.8 Å². The molecule has 0 radical (unpaired) electrons. The summed E-state index contributed by atoms with van der Waals surface area (Å²) in [5.41, 5.74) is 1.89. The number of likely N-dealkylation sites (tertiary alicyclic amines) is 1. The summed E-state index contributed by atoms with van der Waals surface area (Å²) in [6.07, 6.45) is 1.70. The Kier molecular flexibility index (Phi) is 8.72. The van der Waals surface area contributed by atoms with Crippen LogP contribution in [0.4, 0.5) is 10.5 Å².